The smallest absolute Gasteiger partial charge is 0.0546 e. The number of rotatable bonds is 3. The van der Waals surface area contributed by atoms with Crippen molar-refractivity contribution in [2.45, 2.75) is 26.2 Å². The van der Waals surface area contributed by atoms with Crippen LogP contribution < -0.4 is 4.90 Å². The summed E-state index contributed by atoms with van der Waals surface area (Å²) in [6.07, 6.45) is 0. The minimum atomic E-state index is 0.116. The Bertz CT molecular complexity index is 1660. The Morgan fingerprint density at radius 2 is 1.03 bits per heavy atom. The van der Waals surface area contributed by atoms with E-state index in [0.29, 0.717) is 0 Å². The molecule has 0 aliphatic carbocycles. The minimum absolute atomic E-state index is 0.116. The largest absolute Gasteiger partial charge is 0.310 e. The summed E-state index contributed by atoms with van der Waals surface area (Å²) >= 11 is 0. The maximum absolute atomic E-state index is 2.40. The highest BCUT2D eigenvalue weighted by Crippen LogP contribution is 2.43. The molecule has 1 heteroatoms. The monoisotopic (exact) mass is 451 g/mol. The first kappa shape index (κ1) is 21.4. The molecule has 35 heavy (non-hydrogen) atoms. The Morgan fingerprint density at radius 1 is 0.457 bits per heavy atom. The molecule has 0 amide bonds. The van der Waals surface area contributed by atoms with Crippen LogP contribution in [0.25, 0.3) is 32.3 Å². The number of anilines is 3. The Labute approximate surface area is 207 Å². The highest BCUT2D eigenvalue weighted by molar-refractivity contribution is 6.21. The van der Waals surface area contributed by atoms with Crippen LogP contribution in [0, 0.1) is 0 Å². The fraction of sp³-hybridized carbons (Fsp3) is 0.118. The van der Waals surface area contributed by atoms with Gasteiger partial charge in [0.1, 0.15) is 0 Å². The number of hydrogen-bond donors (Lipinski definition) is 0. The van der Waals surface area contributed by atoms with E-state index in [2.05, 4.69) is 147 Å². The van der Waals surface area contributed by atoms with E-state index in [9.17, 15) is 0 Å². The SMILES string of the molecule is CC(C)(C)c1ccc(N(c2ccccc2)c2cc3c4ccccc4ccc3c3ccccc23)cc1. The highest BCUT2D eigenvalue weighted by Gasteiger charge is 2.19. The average Bonchev–Trinajstić information content (AvgIpc) is 2.89. The van der Waals surface area contributed by atoms with Gasteiger partial charge in [0.25, 0.3) is 0 Å². The molecule has 0 unspecified atom stereocenters. The molecule has 0 bridgehead atoms. The summed E-state index contributed by atoms with van der Waals surface area (Å²) in [5.41, 5.74) is 4.96. The number of hydrogen-bond acceptors (Lipinski definition) is 1. The molecule has 0 fully saturated rings. The number of benzene rings is 6. The van der Waals surface area contributed by atoms with Crippen molar-refractivity contribution < 1.29 is 0 Å². The molecule has 0 saturated heterocycles. The second-order valence-electron chi connectivity index (χ2n) is 10.3. The van der Waals surface area contributed by atoms with E-state index in [1.165, 1.54) is 43.6 Å². The van der Waals surface area contributed by atoms with Crippen molar-refractivity contribution in [1.82, 2.24) is 0 Å². The summed E-state index contributed by atoms with van der Waals surface area (Å²) < 4.78 is 0. The summed E-state index contributed by atoms with van der Waals surface area (Å²) in [5.74, 6) is 0. The van der Waals surface area contributed by atoms with Crippen molar-refractivity contribution >= 4 is 49.4 Å². The van der Waals surface area contributed by atoms with E-state index in [1.54, 1.807) is 0 Å². The molecule has 6 rings (SSSR count). The minimum Gasteiger partial charge on any atom is -0.310 e. The number of para-hydroxylation sites is 1. The molecule has 0 aromatic heterocycles. The van der Waals surface area contributed by atoms with E-state index >= 15 is 0 Å². The lowest BCUT2D eigenvalue weighted by molar-refractivity contribution is 0.590. The van der Waals surface area contributed by atoms with Crippen molar-refractivity contribution in [3.63, 3.8) is 0 Å². The predicted molar refractivity (Wildman–Crippen MR) is 152 cm³/mol. The van der Waals surface area contributed by atoms with Gasteiger partial charge in [-0.1, -0.05) is 112 Å². The zero-order chi connectivity index (χ0) is 24.0. The van der Waals surface area contributed by atoms with Gasteiger partial charge in [-0.3, -0.25) is 0 Å². The van der Waals surface area contributed by atoms with Gasteiger partial charge in [0, 0.05) is 16.8 Å². The van der Waals surface area contributed by atoms with Gasteiger partial charge in [0.15, 0.2) is 0 Å². The van der Waals surface area contributed by atoms with Gasteiger partial charge in [0.2, 0.25) is 0 Å². The number of fused-ring (bicyclic) bond motifs is 5. The van der Waals surface area contributed by atoms with Gasteiger partial charge in [-0.15, -0.1) is 0 Å². The third kappa shape index (κ3) is 3.74. The van der Waals surface area contributed by atoms with E-state index in [4.69, 9.17) is 0 Å². The lowest BCUT2D eigenvalue weighted by atomic mass is 9.87. The first-order chi connectivity index (χ1) is 17.0. The molecule has 0 spiro atoms. The fourth-order valence-electron chi connectivity index (χ4n) is 5.14. The van der Waals surface area contributed by atoms with Crippen LogP contribution in [0.5, 0.6) is 0 Å². The zero-order valence-corrected chi connectivity index (χ0v) is 20.5. The highest BCUT2D eigenvalue weighted by atomic mass is 15.1. The van der Waals surface area contributed by atoms with Gasteiger partial charge in [-0.05, 0) is 68.2 Å². The van der Waals surface area contributed by atoms with Gasteiger partial charge in [-0.2, -0.15) is 0 Å². The molecule has 6 aromatic carbocycles. The third-order valence-corrected chi connectivity index (χ3v) is 6.99. The maximum Gasteiger partial charge on any atom is 0.0546 e. The van der Waals surface area contributed by atoms with Gasteiger partial charge >= 0.3 is 0 Å². The first-order valence-electron chi connectivity index (χ1n) is 12.3. The van der Waals surface area contributed by atoms with Crippen LogP contribution in [0.4, 0.5) is 17.1 Å². The van der Waals surface area contributed by atoms with Gasteiger partial charge in [0.05, 0.1) is 5.69 Å². The second-order valence-corrected chi connectivity index (χ2v) is 10.3. The van der Waals surface area contributed by atoms with Crippen molar-refractivity contribution in [2.24, 2.45) is 0 Å². The molecule has 0 atom stereocenters. The lowest BCUT2D eigenvalue weighted by Gasteiger charge is -2.28. The first-order valence-corrected chi connectivity index (χ1v) is 12.3. The van der Waals surface area contributed by atoms with Crippen LogP contribution in [0.15, 0.2) is 121 Å². The fourth-order valence-corrected chi connectivity index (χ4v) is 5.14. The van der Waals surface area contributed by atoms with Crippen molar-refractivity contribution in [2.75, 3.05) is 4.90 Å². The maximum atomic E-state index is 2.40. The third-order valence-electron chi connectivity index (χ3n) is 6.99. The van der Waals surface area contributed by atoms with Gasteiger partial charge < -0.3 is 4.90 Å². The van der Waals surface area contributed by atoms with Crippen molar-refractivity contribution in [3.05, 3.63) is 127 Å². The molecular weight excluding hydrogens is 422 g/mol. The van der Waals surface area contributed by atoms with Crippen LogP contribution >= 0.6 is 0 Å². The average molecular weight is 452 g/mol. The normalized spacial score (nSPS) is 11.9. The Balaban J connectivity index is 1.69. The van der Waals surface area contributed by atoms with Gasteiger partial charge in [-0.25, -0.2) is 0 Å². The number of nitrogens with zero attached hydrogens (tertiary/aromatic N) is 1. The van der Waals surface area contributed by atoms with E-state index in [1.807, 2.05) is 0 Å². The molecule has 0 saturated carbocycles. The molecule has 1 nitrogen and oxygen atoms in total. The molecule has 0 heterocycles. The molecule has 0 aliphatic rings. The Kier molecular flexibility index (Phi) is 5.07. The molecule has 6 aromatic rings. The van der Waals surface area contributed by atoms with E-state index < -0.39 is 0 Å². The Morgan fingerprint density at radius 3 is 1.74 bits per heavy atom. The van der Waals surface area contributed by atoms with Crippen molar-refractivity contribution in [3.8, 4) is 0 Å². The molecule has 170 valence electrons. The summed E-state index contributed by atoms with van der Waals surface area (Å²) in [6.45, 7) is 6.79. The van der Waals surface area contributed by atoms with E-state index in [0.717, 1.165) is 11.4 Å². The lowest BCUT2D eigenvalue weighted by Crippen LogP contribution is -2.13. The molecule has 0 radical (unpaired) electrons. The standard InChI is InChI=1S/C34H29N/c1-34(2,3)25-18-20-27(21-19-25)35(26-12-5-4-6-13-26)33-23-32-28-14-8-7-11-24(28)17-22-30(32)29-15-9-10-16-31(29)33/h4-23H,1-3H3. The van der Waals surface area contributed by atoms with Crippen molar-refractivity contribution in [1.29, 1.82) is 0 Å². The quantitative estimate of drug-likeness (QED) is 0.242. The summed E-state index contributed by atoms with van der Waals surface area (Å²) in [7, 11) is 0. The van der Waals surface area contributed by atoms with Crippen LogP contribution in [0.3, 0.4) is 0 Å². The molecule has 0 aliphatic heterocycles. The second kappa shape index (κ2) is 8.29. The molecular formula is C34H29N. The van der Waals surface area contributed by atoms with Crippen LogP contribution in [0.2, 0.25) is 0 Å². The van der Waals surface area contributed by atoms with E-state index in [-0.39, 0.29) is 5.41 Å². The van der Waals surface area contributed by atoms with Crippen LogP contribution in [-0.2, 0) is 5.41 Å². The summed E-state index contributed by atoms with van der Waals surface area (Å²) in [6, 6.07) is 44.1. The zero-order valence-electron chi connectivity index (χ0n) is 20.5. The van der Waals surface area contributed by atoms with Crippen LogP contribution in [0.1, 0.15) is 26.3 Å². The van der Waals surface area contributed by atoms with Crippen LogP contribution in [-0.4, -0.2) is 0 Å². The Hall–Kier alpha value is -4.10. The summed E-state index contributed by atoms with van der Waals surface area (Å²) in [5, 5.41) is 7.65. The molecule has 0 N–H and O–H groups in total. The predicted octanol–water partition coefficient (Wildman–Crippen LogP) is 9.91. The topological polar surface area (TPSA) is 3.24 Å². The summed E-state index contributed by atoms with van der Waals surface area (Å²) in [4.78, 5) is 2.40.